The molecule has 0 spiro atoms. The number of fused-ring (bicyclic) bond motifs is 1. The summed E-state index contributed by atoms with van der Waals surface area (Å²) in [4.78, 5) is 21.8. The molecule has 0 aliphatic heterocycles. The van der Waals surface area contributed by atoms with Crippen molar-refractivity contribution in [2.45, 2.75) is 6.42 Å². The molecule has 0 aliphatic carbocycles. The number of aromatic amines is 1. The molecule has 6 nitrogen and oxygen atoms in total. The number of hydrogen-bond acceptors (Lipinski definition) is 3. The molecule has 72 valence electrons. The number of carbonyl (C=O) groups is 1. The Labute approximate surface area is 77.8 Å². The molecule has 2 aromatic heterocycles. The van der Waals surface area contributed by atoms with Crippen molar-refractivity contribution in [2.75, 3.05) is 0 Å². The standard InChI is InChI=1S/C8H7N3O3/c12-7-3-1-2-5-9-10-6(11(5)7)4-8(13)14/h1-3,9H,4H2,(H,13,14). The molecule has 6 heteroatoms. The lowest BCUT2D eigenvalue weighted by Crippen LogP contribution is -2.15. The number of aliphatic carboxylic acids is 1. The third-order valence-electron chi connectivity index (χ3n) is 1.82. The maximum Gasteiger partial charge on any atom is 0.311 e. The van der Waals surface area contributed by atoms with Gasteiger partial charge in [0.1, 0.15) is 17.9 Å². The summed E-state index contributed by atoms with van der Waals surface area (Å²) in [5, 5.41) is 14.9. The van der Waals surface area contributed by atoms with Crippen LogP contribution in [-0.2, 0) is 11.2 Å². The van der Waals surface area contributed by atoms with Crippen molar-refractivity contribution in [1.82, 2.24) is 14.6 Å². The smallest absolute Gasteiger partial charge is 0.311 e. The zero-order chi connectivity index (χ0) is 10.1. The Bertz CT molecular complexity index is 540. The van der Waals surface area contributed by atoms with Crippen molar-refractivity contribution in [2.24, 2.45) is 0 Å². The number of rotatable bonds is 2. The fourth-order valence-corrected chi connectivity index (χ4v) is 1.27. The minimum Gasteiger partial charge on any atom is -0.481 e. The van der Waals surface area contributed by atoms with Crippen LogP contribution in [0.25, 0.3) is 5.65 Å². The van der Waals surface area contributed by atoms with Crippen LogP contribution < -0.4 is 5.56 Å². The van der Waals surface area contributed by atoms with Crippen LogP contribution >= 0.6 is 0 Å². The SMILES string of the molecule is O=C(O)Cc1n[nH]c2cccc(=O)n12. The summed E-state index contributed by atoms with van der Waals surface area (Å²) in [5.74, 6) is -0.813. The third kappa shape index (κ3) is 1.26. The number of H-pyrrole nitrogens is 1. The van der Waals surface area contributed by atoms with Crippen LogP contribution in [0, 0.1) is 0 Å². The second-order valence-corrected chi connectivity index (χ2v) is 2.80. The molecular formula is C8H7N3O3. The molecule has 0 radical (unpaired) electrons. The number of nitrogens with zero attached hydrogens (tertiary/aromatic N) is 2. The third-order valence-corrected chi connectivity index (χ3v) is 1.82. The van der Waals surface area contributed by atoms with E-state index in [0.29, 0.717) is 5.65 Å². The average molecular weight is 193 g/mol. The van der Waals surface area contributed by atoms with E-state index in [1.54, 1.807) is 12.1 Å². The van der Waals surface area contributed by atoms with Crippen molar-refractivity contribution in [1.29, 1.82) is 0 Å². The van der Waals surface area contributed by atoms with Crippen LogP contribution in [0.4, 0.5) is 0 Å². The van der Waals surface area contributed by atoms with Gasteiger partial charge in [-0.25, -0.2) is 4.40 Å². The Morgan fingerprint density at radius 1 is 1.57 bits per heavy atom. The second kappa shape index (κ2) is 2.99. The monoisotopic (exact) mass is 193 g/mol. The quantitative estimate of drug-likeness (QED) is 0.682. The van der Waals surface area contributed by atoms with Crippen molar-refractivity contribution in [3.8, 4) is 0 Å². The first-order valence-electron chi connectivity index (χ1n) is 3.95. The first-order valence-corrected chi connectivity index (χ1v) is 3.95. The Balaban J connectivity index is 2.67. The van der Waals surface area contributed by atoms with Gasteiger partial charge in [-0.05, 0) is 6.07 Å². The fourth-order valence-electron chi connectivity index (χ4n) is 1.27. The molecule has 0 fully saturated rings. The Morgan fingerprint density at radius 3 is 3.07 bits per heavy atom. The lowest BCUT2D eigenvalue weighted by molar-refractivity contribution is -0.136. The van der Waals surface area contributed by atoms with E-state index in [1.165, 1.54) is 10.5 Å². The van der Waals surface area contributed by atoms with E-state index in [0.717, 1.165) is 0 Å². The molecule has 0 saturated carbocycles. The Kier molecular flexibility index (Phi) is 1.81. The topological polar surface area (TPSA) is 87.5 Å². The van der Waals surface area contributed by atoms with Gasteiger partial charge in [-0.3, -0.25) is 14.7 Å². The molecule has 0 atom stereocenters. The van der Waals surface area contributed by atoms with Crippen LogP contribution in [0.2, 0.25) is 0 Å². The molecule has 0 aromatic carbocycles. The van der Waals surface area contributed by atoms with E-state index in [4.69, 9.17) is 5.11 Å². The molecule has 0 amide bonds. The van der Waals surface area contributed by atoms with Gasteiger partial charge in [-0.2, -0.15) is 5.10 Å². The van der Waals surface area contributed by atoms with Crippen molar-refractivity contribution < 1.29 is 9.90 Å². The minimum atomic E-state index is -1.02. The zero-order valence-electron chi connectivity index (χ0n) is 7.10. The van der Waals surface area contributed by atoms with Crippen LogP contribution in [-0.4, -0.2) is 25.7 Å². The van der Waals surface area contributed by atoms with E-state index in [1.807, 2.05) is 0 Å². The van der Waals surface area contributed by atoms with Crippen LogP contribution in [0.3, 0.4) is 0 Å². The number of nitrogens with one attached hydrogen (secondary N) is 1. The lowest BCUT2D eigenvalue weighted by Gasteiger charge is -1.93. The van der Waals surface area contributed by atoms with Gasteiger partial charge in [-0.1, -0.05) is 6.07 Å². The summed E-state index contributed by atoms with van der Waals surface area (Å²) in [6, 6.07) is 4.59. The van der Waals surface area contributed by atoms with Crippen molar-refractivity contribution >= 4 is 11.6 Å². The predicted molar refractivity (Wildman–Crippen MR) is 47.2 cm³/mol. The first-order chi connectivity index (χ1) is 6.68. The summed E-state index contributed by atoms with van der Waals surface area (Å²) in [6.45, 7) is 0. The Morgan fingerprint density at radius 2 is 2.36 bits per heavy atom. The number of pyridine rings is 1. The van der Waals surface area contributed by atoms with Gasteiger partial charge >= 0.3 is 5.97 Å². The van der Waals surface area contributed by atoms with Gasteiger partial charge in [0.2, 0.25) is 0 Å². The summed E-state index contributed by atoms with van der Waals surface area (Å²) in [7, 11) is 0. The molecule has 0 bridgehead atoms. The first kappa shape index (κ1) is 8.49. The number of hydrogen-bond donors (Lipinski definition) is 2. The average Bonchev–Trinajstić information content (AvgIpc) is 2.49. The van der Waals surface area contributed by atoms with Crippen molar-refractivity contribution in [3.63, 3.8) is 0 Å². The maximum atomic E-state index is 11.4. The van der Waals surface area contributed by atoms with E-state index in [9.17, 15) is 9.59 Å². The number of aromatic nitrogens is 3. The van der Waals surface area contributed by atoms with Crippen LogP contribution in [0.5, 0.6) is 0 Å². The summed E-state index contributed by atoms with van der Waals surface area (Å²) in [5.41, 5.74) is 0.209. The molecular weight excluding hydrogens is 186 g/mol. The highest BCUT2D eigenvalue weighted by molar-refractivity contribution is 5.69. The highest BCUT2D eigenvalue weighted by atomic mass is 16.4. The fraction of sp³-hybridized carbons (Fsp3) is 0.125. The second-order valence-electron chi connectivity index (χ2n) is 2.80. The molecule has 2 aromatic rings. The van der Waals surface area contributed by atoms with Crippen molar-refractivity contribution in [3.05, 3.63) is 34.4 Å². The van der Waals surface area contributed by atoms with E-state index >= 15 is 0 Å². The van der Waals surface area contributed by atoms with E-state index in [2.05, 4.69) is 10.2 Å². The largest absolute Gasteiger partial charge is 0.481 e. The van der Waals surface area contributed by atoms with Gasteiger partial charge < -0.3 is 5.11 Å². The summed E-state index contributed by atoms with van der Waals surface area (Å²) < 4.78 is 1.24. The molecule has 0 saturated heterocycles. The highest BCUT2D eigenvalue weighted by Crippen LogP contribution is 1.99. The van der Waals surface area contributed by atoms with Gasteiger partial charge in [0.05, 0.1) is 0 Å². The summed E-state index contributed by atoms with van der Waals surface area (Å²) >= 11 is 0. The van der Waals surface area contributed by atoms with Gasteiger partial charge in [-0.15, -0.1) is 0 Å². The van der Waals surface area contributed by atoms with Gasteiger partial charge in [0.15, 0.2) is 0 Å². The van der Waals surface area contributed by atoms with Gasteiger partial charge in [0, 0.05) is 6.07 Å². The number of carboxylic acid groups (broad SMARTS) is 1. The normalized spacial score (nSPS) is 10.6. The van der Waals surface area contributed by atoms with Crippen LogP contribution in [0.15, 0.2) is 23.0 Å². The maximum absolute atomic E-state index is 11.4. The van der Waals surface area contributed by atoms with E-state index < -0.39 is 5.97 Å². The highest BCUT2D eigenvalue weighted by Gasteiger charge is 2.09. The minimum absolute atomic E-state index is 0.207. The van der Waals surface area contributed by atoms with Gasteiger partial charge in [0.25, 0.3) is 5.56 Å². The summed E-state index contributed by atoms with van der Waals surface area (Å²) in [6.07, 6.45) is -0.274. The Hall–Kier alpha value is -2.11. The molecule has 2 heterocycles. The molecule has 0 unspecified atom stereocenters. The van der Waals surface area contributed by atoms with E-state index in [-0.39, 0.29) is 17.8 Å². The molecule has 0 aliphatic rings. The number of carboxylic acids is 1. The molecule has 2 rings (SSSR count). The molecule has 14 heavy (non-hydrogen) atoms. The molecule has 2 N–H and O–H groups in total. The van der Waals surface area contributed by atoms with Crippen LogP contribution in [0.1, 0.15) is 5.82 Å². The lowest BCUT2D eigenvalue weighted by atomic mass is 10.4. The zero-order valence-corrected chi connectivity index (χ0v) is 7.10. The predicted octanol–water partition coefficient (Wildman–Crippen LogP) is -0.350.